The van der Waals surface area contributed by atoms with Crippen LogP contribution >= 0.6 is 0 Å². The number of hydrogen-bond donors (Lipinski definition) is 2. The van der Waals surface area contributed by atoms with Crippen LogP contribution in [-0.2, 0) is 15.2 Å². The van der Waals surface area contributed by atoms with Crippen molar-refractivity contribution in [1.82, 2.24) is 4.90 Å². The highest BCUT2D eigenvalue weighted by Gasteiger charge is 2.68. The molecule has 2 amide bonds. The van der Waals surface area contributed by atoms with Crippen molar-refractivity contribution in [3.8, 4) is 0 Å². The average molecular weight is 348 g/mol. The molecule has 4 atom stereocenters. The number of nitrogens with one attached hydrogen (secondary N) is 1. The molecule has 4 aliphatic rings. The Labute approximate surface area is 151 Å². The summed E-state index contributed by atoms with van der Waals surface area (Å²) in [7, 11) is 1.84. The first-order valence-corrected chi connectivity index (χ1v) is 9.03. The van der Waals surface area contributed by atoms with Gasteiger partial charge in [-0.25, -0.2) is 0 Å². The van der Waals surface area contributed by atoms with Crippen LogP contribution in [0.25, 0.3) is 0 Å². The summed E-state index contributed by atoms with van der Waals surface area (Å²) in [6.45, 7) is 2.14. The highest BCUT2D eigenvalue weighted by molar-refractivity contribution is 6.08. The van der Waals surface area contributed by atoms with E-state index >= 15 is 0 Å². The van der Waals surface area contributed by atoms with E-state index in [9.17, 15) is 14.7 Å². The van der Waals surface area contributed by atoms with E-state index < -0.39 is 17.4 Å². The smallest absolute Gasteiger partial charge is 0.236 e. The van der Waals surface area contributed by atoms with Crippen LogP contribution in [0.5, 0.6) is 0 Å². The van der Waals surface area contributed by atoms with Gasteiger partial charge in [0.15, 0.2) is 0 Å². The maximum Gasteiger partial charge on any atom is 0.236 e. The van der Waals surface area contributed by atoms with E-state index in [4.69, 9.17) is 0 Å². The number of aliphatic hydroxyl groups is 1. The highest BCUT2D eigenvalue weighted by atomic mass is 16.3. The molecule has 2 N–H and O–H groups in total. The molecule has 0 radical (unpaired) electrons. The molecule has 1 heterocycles. The van der Waals surface area contributed by atoms with Gasteiger partial charge < -0.3 is 10.4 Å². The lowest BCUT2D eigenvalue weighted by Gasteiger charge is -2.51. The summed E-state index contributed by atoms with van der Waals surface area (Å²) in [6.07, 6.45) is 0. The van der Waals surface area contributed by atoms with E-state index in [2.05, 4.69) is 5.32 Å². The van der Waals surface area contributed by atoms with Crippen molar-refractivity contribution in [2.45, 2.75) is 18.4 Å². The first-order chi connectivity index (χ1) is 12.6. The lowest BCUT2D eigenvalue weighted by Crippen LogP contribution is -2.53. The predicted molar refractivity (Wildman–Crippen MR) is 96.6 cm³/mol. The largest absolute Gasteiger partial charge is 0.388 e. The van der Waals surface area contributed by atoms with Crippen LogP contribution in [0.3, 0.4) is 0 Å². The summed E-state index contributed by atoms with van der Waals surface area (Å²) in [4.78, 5) is 27.5. The fourth-order valence-electron chi connectivity index (χ4n) is 5.41. The van der Waals surface area contributed by atoms with Crippen molar-refractivity contribution in [2.24, 2.45) is 11.8 Å². The van der Waals surface area contributed by atoms with Crippen LogP contribution in [0.1, 0.15) is 35.1 Å². The number of amides is 2. The van der Waals surface area contributed by atoms with Gasteiger partial charge in [0, 0.05) is 25.2 Å². The van der Waals surface area contributed by atoms with Gasteiger partial charge >= 0.3 is 0 Å². The Morgan fingerprint density at radius 3 is 2.54 bits per heavy atom. The maximum absolute atomic E-state index is 13.1. The van der Waals surface area contributed by atoms with Crippen molar-refractivity contribution in [3.05, 3.63) is 64.7 Å². The summed E-state index contributed by atoms with van der Waals surface area (Å²) >= 11 is 0. The number of rotatable bonds is 2. The SMILES string of the molecule is CCN1C(=O)[C@H]2[C@H]3c4ccccc4[C@](O)(c4cccc(NC)c43)[C@H]2C1=O. The molecular weight excluding hydrogens is 328 g/mol. The van der Waals surface area contributed by atoms with Gasteiger partial charge in [0.05, 0.1) is 11.8 Å². The van der Waals surface area contributed by atoms with E-state index in [1.54, 1.807) is 6.92 Å². The first-order valence-electron chi connectivity index (χ1n) is 9.03. The normalized spacial score (nSPS) is 30.9. The number of imide groups is 1. The number of carbonyl (C=O) groups is 2. The minimum atomic E-state index is -1.48. The maximum atomic E-state index is 13.1. The zero-order valence-electron chi connectivity index (χ0n) is 14.7. The molecule has 6 rings (SSSR count). The molecule has 2 aromatic carbocycles. The van der Waals surface area contributed by atoms with E-state index in [1.165, 1.54) is 4.90 Å². The molecule has 1 fully saturated rings. The van der Waals surface area contributed by atoms with E-state index in [0.717, 1.165) is 27.9 Å². The molecule has 26 heavy (non-hydrogen) atoms. The molecule has 2 bridgehead atoms. The lowest BCUT2D eigenvalue weighted by atomic mass is 9.52. The molecule has 1 saturated heterocycles. The summed E-state index contributed by atoms with van der Waals surface area (Å²) < 4.78 is 0. The Kier molecular flexibility index (Phi) is 2.97. The van der Waals surface area contributed by atoms with Gasteiger partial charge in [-0.1, -0.05) is 36.4 Å². The second-order valence-corrected chi connectivity index (χ2v) is 7.27. The molecule has 2 aromatic rings. The van der Waals surface area contributed by atoms with Gasteiger partial charge in [-0.05, 0) is 35.2 Å². The second kappa shape index (κ2) is 4.95. The van der Waals surface area contributed by atoms with Crippen molar-refractivity contribution in [3.63, 3.8) is 0 Å². The number of nitrogens with zero attached hydrogens (tertiary/aromatic N) is 1. The molecule has 5 heteroatoms. The number of anilines is 1. The lowest BCUT2D eigenvalue weighted by molar-refractivity contribution is -0.141. The van der Waals surface area contributed by atoms with Gasteiger partial charge in [-0.15, -0.1) is 0 Å². The predicted octanol–water partition coefficient (Wildman–Crippen LogP) is 2.04. The fourth-order valence-corrected chi connectivity index (χ4v) is 5.41. The summed E-state index contributed by atoms with van der Waals surface area (Å²) in [5.74, 6) is -1.96. The molecular formula is C21H20N2O3. The van der Waals surface area contributed by atoms with Gasteiger partial charge in [-0.2, -0.15) is 0 Å². The molecule has 5 nitrogen and oxygen atoms in total. The van der Waals surface area contributed by atoms with Crippen LogP contribution < -0.4 is 5.32 Å². The zero-order chi connectivity index (χ0) is 18.2. The fraction of sp³-hybridized carbons (Fsp3) is 0.333. The Hall–Kier alpha value is -2.66. The summed E-state index contributed by atoms with van der Waals surface area (Å²) in [5, 5.41) is 15.2. The van der Waals surface area contributed by atoms with Crippen molar-refractivity contribution >= 4 is 17.5 Å². The molecule has 0 unspecified atom stereocenters. The van der Waals surface area contributed by atoms with Crippen molar-refractivity contribution in [1.29, 1.82) is 0 Å². The van der Waals surface area contributed by atoms with Crippen LogP contribution in [0, 0.1) is 11.8 Å². The number of likely N-dealkylation sites (tertiary alicyclic amines) is 1. The number of carbonyl (C=O) groups excluding carboxylic acids is 2. The van der Waals surface area contributed by atoms with Crippen molar-refractivity contribution in [2.75, 3.05) is 18.9 Å². The molecule has 132 valence electrons. The molecule has 0 spiro atoms. The van der Waals surface area contributed by atoms with Crippen molar-refractivity contribution < 1.29 is 14.7 Å². The zero-order valence-corrected chi connectivity index (χ0v) is 14.7. The van der Waals surface area contributed by atoms with Gasteiger partial charge in [0.2, 0.25) is 11.8 Å². The average Bonchev–Trinajstić information content (AvgIpc) is 2.93. The van der Waals surface area contributed by atoms with Crippen LogP contribution in [-0.4, -0.2) is 35.4 Å². The highest BCUT2D eigenvalue weighted by Crippen LogP contribution is 2.64. The minimum Gasteiger partial charge on any atom is -0.388 e. The van der Waals surface area contributed by atoms with Gasteiger partial charge in [-0.3, -0.25) is 14.5 Å². The topological polar surface area (TPSA) is 69.6 Å². The first kappa shape index (κ1) is 15.6. The summed E-state index contributed by atoms with van der Waals surface area (Å²) in [5.41, 5.74) is 2.81. The molecule has 0 aromatic heterocycles. The van der Waals surface area contributed by atoms with Gasteiger partial charge in [0.25, 0.3) is 0 Å². The second-order valence-electron chi connectivity index (χ2n) is 7.27. The molecule has 3 aliphatic carbocycles. The van der Waals surface area contributed by atoms with Crippen LogP contribution in [0.4, 0.5) is 5.69 Å². The van der Waals surface area contributed by atoms with E-state index in [-0.39, 0.29) is 17.7 Å². The van der Waals surface area contributed by atoms with Crippen LogP contribution in [0.2, 0.25) is 0 Å². The number of hydrogen-bond acceptors (Lipinski definition) is 4. The number of benzene rings is 2. The Bertz CT molecular complexity index is 969. The summed E-state index contributed by atoms with van der Waals surface area (Å²) in [6, 6.07) is 13.4. The Morgan fingerprint density at radius 2 is 1.81 bits per heavy atom. The molecule has 1 aliphatic heterocycles. The minimum absolute atomic E-state index is 0.169. The third-order valence-electron chi connectivity index (χ3n) is 6.37. The Morgan fingerprint density at radius 1 is 1.08 bits per heavy atom. The third kappa shape index (κ3) is 1.51. The quantitative estimate of drug-likeness (QED) is 0.815. The standard InChI is InChI=1S/C21H20N2O3/c1-3-23-19(24)17-15-11-7-4-5-8-12(11)21(26,18(17)20(23)25)13-9-6-10-14(22-2)16(13)15/h4-10,15,17-18,22,26H,3H2,1-2H3/t15-,17-,18+,21-/m0/s1. The third-order valence-corrected chi connectivity index (χ3v) is 6.37. The van der Waals surface area contributed by atoms with Crippen LogP contribution in [0.15, 0.2) is 42.5 Å². The van der Waals surface area contributed by atoms with E-state index in [1.807, 2.05) is 49.5 Å². The monoisotopic (exact) mass is 348 g/mol. The van der Waals surface area contributed by atoms with E-state index in [0.29, 0.717) is 6.54 Å². The molecule has 0 saturated carbocycles. The van der Waals surface area contributed by atoms with Gasteiger partial charge in [0.1, 0.15) is 5.60 Å². The Balaban J connectivity index is 1.90.